The van der Waals surface area contributed by atoms with Crippen molar-refractivity contribution in [3.05, 3.63) is 22.8 Å². The van der Waals surface area contributed by atoms with Crippen molar-refractivity contribution in [3.8, 4) is 0 Å². The SMILES string of the molecule is CNc1ncc(C(=O)N2CCN(CCO)CC2)cc1Cl. The van der Waals surface area contributed by atoms with Gasteiger partial charge in [0.25, 0.3) is 5.91 Å². The van der Waals surface area contributed by atoms with Crippen LogP contribution < -0.4 is 5.32 Å². The van der Waals surface area contributed by atoms with E-state index in [9.17, 15) is 4.79 Å². The molecule has 0 unspecified atom stereocenters. The number of hydrogen-bond acceptors (Lipinski definition) is 5. The number of piperazine rings is 1. The number of halogens is 1. The number of β-amino-alcohol motifs (C(OH)–C–C–N with tert-alkyl or cyclic N) is 1. The molecule has 0 radical (unpaired) electrons. The average molecular weight is 299 g/mol. The standard InChI is InChI=1S/C13H19ClN4O2/c1-15-12-11(14)8-10(9-16-12)13(20)18-4-2-17(3-5-18)6-7-19/h8-9,19H,2-7H2,1H3,(H,15,16). The van der Waals surface area contributed by atoms with E-state index in [0.29, 0.717) is 36.0 Å². The predicted molar refractivity (Wildman–Crippen MR) is 78.2 cm³/mol. The minimum absolute atomic E-state index is 0.0503. The third kappa shape index (κ3) is 3.39. The highest BCUT2D eigenvalue weighted by molar-refractivity contribution is 6.33. The summed E-state index contributed by atoms with van der Waals surface area (Å²) in [7, 11) is 1.73. The fourth-order valence-corrected chi connectivity index (χ4v) is 2.50. The first-order valence-corrected chi connectivity index (χ1v) is 6.99. The maximum atomic E-state index is 12.4. The van der Waals surface area contributed by atoms with Crippen LogP contribution in [0.25, 0.3) is 0 Å². The smallest absolute Gasteiger partial charge is 0.255 e. The Kier molecular flexibility index (Phi) is 5.17. The van der Waals surface area contributed by atoms with Crippen molar-refractivity contribution in [2.75, 3.05) is 51.7 Å². The number of amides is 1. The monoisotopic (exact) mass is 298 g/mol. The quantitative estimate of drug-likeness (QED) is 0.848. The van der Waals surface area contributed by atoms with Crippen LogP contribution in [0.1, 0.15) is 10.4 Å². The van der Waals surface area contributed by atoms with E-state index in [1.165, 1.54) is 0 Å². The van der Waals surface area contributed by atoms with Gasteiger partial charge in [-0.1, -0.05) is 11.6 Å². The molecular weight excluding hydrogens is 280 g/mol. The predicted octanol–water partition coefficient (Wildman–Crippen LogP) is 0.527. The van der Waals surface area contributed by atoms with Crippen LogP contribution in [0.15, 0.2) is 12.3 Å². The van der Waals surface area contributed by atoms with E-state index in [-0.39, 0.29) is 12.5 Å². The zero-order valence-electron chi connectivity index (χ0n) is 11.5. The van der Waals surface area contributed by atoms with Crippen LogP contribution in [0.4, 0.5) is 5.82 Å². The Labute approximate surface area is 123 Å². The van der Waals surface area contributed by atoms with E-state index in [4.69, 9.17) is 16.7 Å². The molecule has 1 aliphatic heterocycles. The van der Waals surface area contributed by atoms with Gasteiger partial charge in [-0.15, -0.1) is 0 Å². The minimum atomic E-state index is -0.0503. The second kappa shape index (κ2) is 6.88. The highest BCUT2D eigenvalue weighted by atomic mass is 35.5. The lowest BCUT2D eigenvalue weighted by atomic mass is 10.2. The molecule has 0 aliphatic carbocycles. The molecule has 7 heteroatoms. The number of nitrogens with zero attached hydrogens (tertiary/aromatic N) is 3. The number of aromatic nitrogens is 1. The fourth-order valence-electron chi connectivity index (χ4n) is 2.24. The molecule has 1 aromatic heterocycles. The summed E-state index contributed by atoms with van der Waals surface area (Å²) in [4.78, 5) is 20.4. The molecule has 0 saturated carbocycles. The summed E-state index contributed by atoms with van der Waals surface area (Å²) >= 11 is 6.05. The summed E-state index contributed by atoms with van der Waals surface area (Å²) in [5.74, 6) is 0.515. The van der Waals surface area contributed by atoms with Crippen LogP contribution in [-0.2, 0) is 0 Å². The maximum Gasteiger partial charge on any atom is 0.255 e. The third-order valence-electron chi connectivity index (χ3n) is 3.40. The van der Waals surface area contributed by atoms with E-state index in [0.717, 1.165) is 13.1 Å². The van der Waals surface area contributed by atoms with Gasteiger partial charge >= 0.3 is 0 Å². The van der Waals surface area contributed by atoms with E-state index in [2.05, 4.69) is 15.2 Å². The van der Waals surface area contributed by atoms with Crippen LogP contribution in [0, 0.1) is 0 Å². The molecule has 1 aliphatic rings. The number of pyridine rings is 1. The summed E-state index contributed by atoms with van der Waals surface area (Å²) in [6.07, 6.45) is 1.54. The average Bonchev–Trinajstić information content (AvgIpc) is 2.47. The van der Waals surface area contributed by atoms with Gasteiger partial charge in [0.15, 0.2) is 0 Å². The highest BCUT2D eigenvalue weighted by Gasteiger charge is 2.22. The Balaban J connectivity index is 2.00. The largest absolute Gasteiger partial charge is 0.395 e. The first-order valence-electron chi connectivity index (χ1n) is 6.61. The summed E-state index contributed by atoms with van der Waals surface area (Å²) in [5.41, 5.74) is 0.504. The normalized spacial score (nSPS) is 16.2. The molecule has 1 fully saturated rings. The van der Waals surface area contributed by atoms with E-state index < -0.39 is 0 Å². The van der Waals surface area contributed by atoms with Crippen LogP contribution in [-0.4, -0.2) is 72.2 Å². The van der Waals surface area contributed by atoms with E-state index >= 15 is 0 Å². The number of carbonyl (C=O) groups is 1. The highest BCUT2D eigenvalue weighted by Crippen LogP contribution is 2.20. The Morgan fingerprint density at radius 3 is 2.70 bits per heavy atom. The summed E-state index contributed by atoms with van der Waals surface area (Å²) in [6.45, 7) is 3.68. The van der Waals surface area contributed by atoms with Gasteiger partial charge in [0.1, 0.15) is 5.82 Å². The lowest BCUT2D eigenvalue weighted by Crippen LogP contribution is -2.49. The van der Waals surface area contributed by atoms with Gasteiger partial charge in [0.2, 0.25) is 0 Å². The van der Waals surface area contributed by atoms with E-state index in [1.54, 1.807) is 24.2 Å². The molecule has 1 saturated heterocycles. The molecule has 1 aromatic rings. The van der Waals surface area contributed by atoms with Gasteiger partial charge in [-0.05, 0) is 6.07 Å². The van der Waals surface area contributed by atoms with Crippen molar-refractivity contribution >= 4 is 23.3 Å². The second-order valence-corrected chi connectivity index (χ2v) is 5.07. The molecule has 0 spiro atoms. The maximum absolute atomic E-state index is 12.4. The topological polar surface area (TPSA) is 68.7 Å². The molecule has 6 nitrogen and oxygen atoms in total. The first-order chi connectivity index (χ1) is 9.65. The van der Waals surface area contributed by atoms with Gasteiger partial charge in [-0.25, -0.2) is 4.98 Å². The molecule has 0 atom stereocenters. The Morgan fingerprint density at radius 2 is 2.15 bits per heavy atom. The molecule has 2 heterocycles. The van der Waals surface area contributed by atoms with Crippen LogP contribution in [0.2, 0.25) is 5.02 Å². The van der Waals surface area contributed by atoms with Crippen molar-refractivity contribution < 1.29 is 9.90 Å². The molecule has 2 rings (SSSR count). The summed E-state index contributed by atoms with van der Waals surface area (Å²) in [5, 5.41) is 12.2. The number of anilines is 1. The Hall–Kier alpha value is -1.37. The van der Waals surface area contributed by atoms with Crippen LogP contribution >= 0.6 is 11.6 Å². The van der Waals surface area contributed by atoms with Crippen molar-refractivity contribution in [1.82, 2.24) is 14.8 Å². The van der Waals surface area contributed by atoms with Gasteiger partial charge in [-0.3, -0.25) is 9.69 Å². The zero-order chi connectivity index (χ0) is 14.5. The van der Waals surface area contributed by atoms with Gasteiger partial charge in [-0.2, -0.15) is 0 Å². The number of carbonyl (C=O) groups excluding carboxylic acids is 1. The number of rotatable bonds is 4. The van der Waals surface area contributed by atoms with Gasteiger partial charge in [0, 0.05) is 46.0 Å². The fraction of sp³-hybridized carbons (Fsp3) is 0.538. The summed E-state index contributed by atoms with van der Waals surface area (Å²) < 4.78 is 0. The third-order valence-corrected chi connectivity index (χ3v) is 3.69. The summed E-state index contributed by atoms with van der Waals surface area (Å²) in [6, 6.07) is 1.64. The number of aliphatic hydroxyl groups excluding tert-OH is 1. The molecule has 20 heavy (non-hydrogen) atoms. The number of nitrogens with one attached hydrogen (secondary N) is 1. The number of aliphatic hydroxyl groups is 1. The molecule has 110 valence electrons. The van der Waals surface area contributed by atoms with Crippen LogP contribution in [0.3, 0.4) is 0 Å². The molecule has 1 amide bonds. The number of hydrogen-bond donors (Lipinski definition) is 2. The lowest BCUT2D eigenvalue weighted by molar-refractivity contribution is 0.0614. The van der Waals surface area contributed by atoms with Gasteiger partial charge in [0.05, 0.1) is 17.2 Å². The Morgan fingerprint density at radius 1 is 1.45 bits per heavy atom. The van der Waals surface area contributed by atoms with Crippen molar-refractivity contribution in [3.63, 3.8) is 0 Å². The first kappa shape index (κ1) is 15.0. The van der Waals surface area contributed by atoms with Crippen molar-refractivity contribution in [1.29, 1.82) is 0 Å². The van der Waals surface area contributed by atoms with Gasteiger partial charge < -0.3 is 15.3 Å². The molecule has 0 aromatic carbocycles. The lowest BCUT2D eigenvalue weighted by Gasteiger charge is -2.34. The van der Waals surface area contributed by atoms with Crippen molar-refractivity contribution in [2.45, 2.75) is 0 Å². The molecule has 0 bridgehead atoms. The minimum Gasteiger partial charge on any atom is -0.395 e. The zero-order valence-corrected chi connectivity index (χ0v) is 12.2. The van der Waals surface area contributed by atoms with E-state index in [1.807, 2.05) is 0 Å². The molecular formula is C13H19ClN4O2. The van der Waals surface area contributed by atoms with Crippen molar-refractivity contribution in [2.24, 2.45) is 0 Å². The Bertz CT molecular complexity index is 475. The second-order valence-electron chi connectivity index (χ2n) is 4.66. The molecule has 2 N–H and O–H groups in total. The van der Waals surface area contributed by atoms with Crippen LogP contribution in [0.5, 0.6) is 0 Å².